The highest BCUT2D eigenvalue weighted by molar-refractivity contribution is 7.89. The first-order chi connectivity index (χ1) is 15.5. The van der Waals surface area contributed by atoms with Crippen molar-refractivity contribution in [3.63, 3.8) is 0 Å². The van der Waals surface area contributed by atoms with Gasteiger partial charge in [-0.25, -0.2) is 12.8 Å². The smallest absolute Gasteiger partial charge is 0.339 e. The van der Waals surface area contributed by atoms with Crippen molar-refractivity contribution in [1.29, 1.82) is 0 Å². The van der Waals surface area contributed by atoms with Gasteiger partial charge in [-0.05, 0) is 72.1 Å². The Kier molecular flexibility index (Phi) is 7.79. The van der Waals surface area contributed by atoms with Crippen LogP contribution in [0.15, 0.2) is 82.6 Å². The van der Waals surface area contributed by atoms with E-state index >= 15 is 0 Å². The van der Waals surface area contributed by atoms with E-state index in [4.69, 9.17) is 15.8 Å². The van der Waals surface area contributed by atoms with Crippen molar-refractivity contribution in [3.8, 4) is 5.75 Å². The fourth-order valence-corrected chi connectivity index (χ4v) is 5.69. The summed E-state index contributed by atoms with van der Waals surface area (Å²) in [6.45, 7) is 4.22. The molecule has 0 spiro atoms. The number of sulfonamides is 1. The topological polar surface area (TPSA) is 80.8 Å². The molecule has 0 heterocycles. The molecule has 0 aromatic heterocycles. The Morgan fingerprint density at radius 2 is 1.39 bits per heavy atom. The van der Waals surface area contributed by atoms with Crippen LogP contribution in [0.1, 0.15) is 19.4 Å². The molecule has 176 valence electrons. The van der Waals surface area contributed by atoms with E-state index in [-0.39, 0.29) is 28.0 Å². The summed E-state index contributed by atoms with van der Waals surface area (Å²) in [6.07, 6.45) is 0. The minimum atomic E-state index is -4.13. The molecule has 0 amide bonds. The van der Waals surface area contributed by atoms with Crippen molar-refractivity contribution in [2.75, 3.05) is 6.54 Å². The predicted molar refractivity (Wildman–Crippen MR) is 125 cm³/mol. The van der Waals surface area contributed by atoms with E-state index in [9.17, 15) is 21.2 Å². The van der Waals surface area contributed by atoms with Crippen LogP contribution in [0.3, 0.4) is 0 Å². The van der Waals surface area contributed by atoms with E-state index in [0.717, 1.165) is 24.3 Å². The first-order valence-corrected chi connectivity index (χ1v) is 13.2. The van der Waals surface area contributed by atoms with Gasteiger partial charge < -0.3 is 4.18 Å². The lowest BCUT2D eigenvalue weighted by molar-refractivity contribution is 0.362. The normalized spacial score (nSPS) is 12.3. The third-order valence-corrected chi connectivity index (χ3v) is 7.95. The van der Waals surface area contributed by atoms with Gasteiger partial charge in [0.25, 0.3) is 0 Å². The van der Waals surface area contributed by atoms with Crippen LogP contribution in [0, 0.1) is 11.7 Å². The number of benzene rings is 3. The molecule has 33 heavy (non-hydrogen) atoms. The maximum atomic E-state index is 13.2. The molecule has 3 aromatic rings. The molecule has 6 nitrogen and oxygen atoms in total. The van der Waals surface area contributed by atoms with Crippen molar-refractivity contribution < 1.29 is 25.4 Å². The number of rotatable bonds is 9. The number of hydrogen-bond acceptors (Lipinski definition) is 5. The summed E-state index contributed by atoms with van der Waals surface area (Å²) in [6, 6.07) is 16.3. The van der Waals surface area contributed by atoms with Gasteiger partial charge in [-0.15, -0.1) is 0 Å². The summed E-state index contributed by atoms with van der Waals surface area (Å²) in [5, 5.41) is 0.440. The molecule has 0 saturated carbocycles. The molecule has 0 atom stereocenters. The molecule has 10 heteroatoms. The van der Waals surface area contributed by atoms with Crippen molar-refractivity contribution in [2.24, 2.45) is 5.92 Å². The third-order valence-electron chi connectivity index (χ3n) is 4.61. The number of nitrogens with zero attached hydrogens (tertiary/aromatic N) is 1. The molecule has 0 unspecified atom stereocenters. The highest BCUT2D eigenvalue weighted by atomic mass is 35.5. The second-order valence-corrected chi connectivity index (χ2v) is 11.7. The third kappa shape index (κ3) is 6.54. The molecule has 3 aromatic carbocycles. The average molecular weight is 512 g/mol. The maximum absolute atomic E-state index is 13.2. The Morgan fingerprint density at radius 3 is 1.94 bits per heavy atom. The summed E-state index contributed by atoms with van der Waals surface area (Å²) in [7, 11) is -7.90. The van der Waals surface area contributed by atoms with Gasteiger partial charge in [-0.2, -0.15) is 12.7 Å². The lowest BCUT2D eigenvalue weighted by Crippen LogP contribution is -2.33. The monoisotopic (exact) mass is 511 g/mol. The SMILES string of the molecule is CC(C)CN(Cc1ccc(OS(=O)(=O)c2ccc(F)cc2)cc1)S(=O)(=O)c1ccc(Cl)cc1. The van der Waals surface area contributed by atoms with Gasteiger partial charge in [-0.1, -0.05) is 37.6 Å². The molecule has 0 aliphatic rings. The minimum Gasteiger partial charge on any atom is -0.379 e. The highest BCUT2D eigenvalue weighted by Gasteiger charge is 2.25. The van der Waals surface area contributed by atoms with Gasteiger partial charge in [0.1, 0.15) is 16.5 Å². The minimum absolute atomic E-state index is 0.0547. The van der Waals surface area contributed by atoms with Crippen LogP contribution in [0.5, 0.6) is 5.75 Å². The van der Waals surface area contributed by atoms with E-state index in [2.05, 4.69) is 0 Å². The highest BCUT2D eigenvalue weighted by Crippen LogP contribution is 2.24. The molecule has 0 saturated heterocycles. The van der Waals surface area contributed by atoms with Gasteiger partial charge in [0.2, 0.25) is 10.0 Å². The number of halogens is 2. The summed E-state index contributed by atoms with van der Waals surface area (Å²) < 4.78 is 70.6. The van der Waals surface area contributed by atoms with E-state index in [1.165, 1.54) is 40.7 Å². The van der Waals surface area contributed by atoms with Crippen LogP contribution in [-0.4, -0.2) is 27.7 Å². The first kappa shape index (κ1) is 25.2. The van der Waals surface area contributed by atoms with Gasteiger partial charge in [-0.3, -0.25) is 0 Å². The van der Waals surface area contributed by atoms with Gasteiger partial charge in [0, 0.05) is 18.1 Å². The van der Waals surface area contributed by atoms with E-state index in [1.807, 2.05) is 13.8 Å². The van der Waals surface area contributed by atoms with Crippen molar-refractivity contribution >= 4 is 31.7 Å². The van der Waals surface area contributed by atoms with Crippen LogP contribution < -0.4 is 4.18 Å². The molecule has 0 radical (unpaired) electrons. The quantitative estimate of drug-likeness (QED) is 0.374. The molecule has 3 rings (SSSR count). The van der Waals surface area contributed by atoms with Gasteiger partial charge in [0.15, 0.2) is 0 Å². The van der Waals surface area contributed by atoms with E-state index in [1.54, 1.807) is 12.1 Å². The second-order valence-electron chi connectivity index (χ2n) is 7.78. The maximum Gasteiger partial charge on any atom is 0.339 e. The van der Waals surface area contributed by atoms with Crippen molar-refractivity contribution in [2.45, 2.75) is 30.2 Å². The van der Waals surface area contributed by atoms with Crippen LogP contribution in [0.25, 0.3) is 0 Å². The molecular weight excluding hydrogens is 489 g/mol. The zero-order valence-electron chi connectivity index (χ0n) is 18.0. The molecule has 0 aliphatic heterocycles. The largest absolute Gasteiger partial charge is 0.379 e. The average Bonchev–Trinajstić information content (AvgIpc) is 2.75. The Labute approximate surface area is 198 Å². The number of hydrogen-bond donors (Lipinski definition) is 0. The molecule has 0 fully saturated rings. The predicted octanol–water partition coefficient (Wildman–Crippen LogP) is 5.09. The van der Waals surface area contributed by atoms with E-state index < -0.39 is 26.0 Å². The Bertz CT molecular complexity index is 1290. The van der Waals surface area contributed by atoms with Crippen LogP contribution in [-0.2, 0) is 26.7 Å². The fraction of sp³-hybridized carbons (Fsp3) is 0.217. The van der Waals surface area contributed by atoms with E-state index in [0.29, 0.717) is 17.1 Å². The second kappa shape index (κ2) is 10.2. The molecular formula is C23H23ClFNO5S2. The first-order valence-electron chi connectivity index (χ1n) is 10.0. The molecule has 0 bridgehead atoms. The summed E-state index contributed by atoms with van der Waals surface area (Å²) >= 11 is 5.88. The lowest BCUT2D eigenvalue weighted by Gasteiger charge is -2.24. The molecule has 0 N–H and O–H groups in total. The van der Waals surface area contributed by atoms with Crippen LogP contribution in [0.2, 0.25) is 5.02 Å². The van der Waals surface area contributed by atoms with Gasteiger partial charge in [0.05, 0.1) is 4.90 Å². The fourth-order valence-electron chi connectivity index (χ4n) is 3.04. The van der Waals surface area contributed by atoms with Crippen molar-refractivity contribution in [1.82, 2.24) is 4.31 Å². The van der Waals surface area contributed by atoms with Crippen molar-refractivity contribution in [3.05, 3.63) is 89.2 Å². The Hall–Kier alpha value is -2.46. The zero-order valence-corrected chi connectivity index (χ0v) is 20.4. The summed E-state index contributed by atoms with van der Waals surface area (Å²) in [4.78, 5) is -0.0389. The Balaban J connectivity index is 1.79. The summed E-state index contributed by atoms with van der Waals surface area (Å²) in [5.41, 5.74) is 0.653. The summed E-state index contributed by atoms with van der Waals surface area (Å²) in [5.74, 6) is -0.424. The zero-order chi connectivity index (χ0) is 24.2. The standard InChI is InChI=1S/C23H23ClFNO5S2/c1-17(2)15-26(32(27,28)22-11-5-19(24)6-12-22)16-18-3-9-21(10-4-18)31-33(29,30)23-13-7-20(25)8-14-23/h3-14,17H,15-16H2,1-2H3. The van der Waals surface area contributed by atoms with Gasteiger partial charge >= 0.3 is 10.1 Å². The molecule has 0 aliphatic carbocycles. The Morgan fingerprint density at radius 1 is 0.848 bits per heavy atom. The van der Waals surface area contributed by atoms with Crippen LogP contribution >= 0.6 is 11.6 Å². The lowest BCUT2D eigenvalue weighted by atomic mass is 10.2. The van der Waals surface area contributed by atoms with Crippen LogP contribution in [0.4, 0.5) is 4.39 Å².